The number of nitrogens with one attached hydrogen (secondary N) is 1. The second-order valence-electron chi connectivity index (χ2n) is 7.40. The minimum atomic E-state index is -0.190. The summed E-state index contributed by atoms with van der Waals surface area (Å²) in [5, 5.41) is 4.27. The molecular formula is C17H18Cl3NO. The van der Waals surface area contributed by atoms with Crippen molar-refractivity contribution >= 4 is 46.4 Å². The number of amides is 1. The van der Waals surface area contributed by atoms with Crippen molar-refractivity contribution in [2.45, 2.75) is 38.5 Å². The molecule has 0 heterocycles. The number of carbonyl (C=O) groups is 1. The molecule has 118 valence electrons. The molecule has 4 bridgehead atoms. The summed E-state index contributed by atoms with van der Waals surface area (Å²) in [5.41, 5.74) is 0.376. The average Bonchev–Trinajstić information content (AvgIpc) is 2.43. The second-order valence-corrected chi connectivity index (χ2v) is 8.62. The van der Waals surface area contributed by atoms with Crippen LogP contribution in [-0.2, 0) is 4.79 Å². The van der Waals surface area contributed by atoms with Crippen LogP contribution in [0.3, 0.4) is 0 Å². The third-order valence-electron chi connectivity index (χ3n) is 5.78. The molecule has 4 saturated carbocycles. The first-order chi connectivity index (χ1) is 10.4. The predicted octanol–water partition coefficient (Wildman–Crippen LogP) is 5.80. The summed E-state index contributed by atoms with van der Waals surface area (Å²) >= 11 is 18.2. The molecule has 0 spiro atoms. The van der Waals surface area contributed by atoms with Gasteiger partial charge in [-0.2, -0.15) is 0 Å². The maximum Gasteiger partial charge on any atom is 0.230 e. The van der Waals surface area contributed by atoms with Crippen molar-refractivity contribution in [2.24, 2.45) is 23.2 Å². The fourth-order valence-corrected chi connectivity index (χ4v) is 5.86. The van der Waals surface area contributed by atoms with Gasteiger partial charge in [-0.05, 0) is 68.4 Å². The van der Waals surface area contributed by atoms with Gasteiger partial charge < -0.3 is 5.32 Å². The summed E-state index contributed by atoms with van der Waals surface area (Å²) in [7, 11) is 0. The van der Waals surface area contributed by atoms with Crippen LogP contribution in [0.1, 0.15) is 38.5 Å². The van der Waals surface area contributed by atoms with Crippen LogP contribution in [0.25, 0.3) is 0 Å². The lowest BCUT2D eigenvalue weighted by Crippen LogP contribution is -2.51. The van der Waals surface area contributed by atoms with Crippen molar-refractivity contribution in [3.63, 3.8) is 0 Å². The standard InChI is InChI=1S/C17H18Cl3NO/c18-12-4-14(20)15(5-13(12)19)21-16(22)17-6-9-1-10(7-17)3-11(2-9)8-17/h4-5,9-11H,1-3,6-8H2,(H,21,22). The number of hydrogen-bond donors (Lipinski definition) is 1. The zero-order valence-corrected chi connectivity index (χ0v) is 14.4. The molecule has 0 saturated heterocycles. The normalized spacial score (nSPS) is 35.7. The topological polar surface area (TPSA) is 29.1 Å². The Bertz CT molecular complexity index is 608. The van der Waals surface area contributed by atoms with E-state index in [2.05, 4.69) is 5.32 Å². The predicted molar refractivity (Wildman–Crippen MR) is 90.7 cm³/mol. The van der Waals surface area contributed by atoms with Crippen molar-refractivity contribution in [1.29, 1.82) is 0 Å². The van der Waals surface area contributed by atoms with Gasteiger partial charge in [-0.15, -0.1) is 0 Å². The lowest BCUT2D eigenvalue weighted by atomic mass is 9.49. The fraction of sp³-hybridized carbons (Fsp3) is 0.588. The Balaban J connectivity index is 1.59. The van der Waals surface area contributed by atoms with Crippen LogP contribution in [0.4, 0.5) is 5.69 Å². The molecule has 4 aliphatic rings. The maximum atomic E-state index is 13.0. The molecule has 1 N–H and O–H groups in total. The molecule has 4 fully saturated rings. The summed E-state index contributed by atoms with van der Waals surface area (Å²) in [6.07, 6.45) is 7.05. The highest BCUT2D eigenvalue weighted by Gasteiger charge is 2.54. The van der Waals surface area contributed by atoms with Gasteiger partial charge >= 0.3 is 0 Å². The molecule has 0 aliphatic heterocycles. The van der Waals surface area contributed by atoms with Gasteiger partial charge in [-0.3, -0.25) is 4.79 Å². The van der Waals surface area contributed by atoms with E-state index in [0.717, 1.165) is 37.0 Å². The number of benzene rings is 1. The van der Waals surface area contributed by atoms with E-state index in [1.54, 1.807) is 12.1 Å². The van der Waals surface area contributed by atoms with Crippen molar-refractivity contribution in [3.8, 4) is 0 Å². The molecule has 1 amide bonds. The number of hydrogen-bond acceptors (Lipinski definition) is 1. The van der Waals surface area contributed by atoms with Crippen molar-refractivity contribution in [1.82, 2.24) is 0 Å². The maximum absolute atomic E-state index is 13.0. The van der Waals surface area contributed by atoms with Gasteiger partial charge in [0.2, 0.25) is 5.91 Å². The summed E-state index contributed by atoms with van der Waals surface area (Å²) < 4.78 is 0. The van der Waals surface area contributed by atoms with E-state index in [9.17, 15) is 4.79 Å². The largest absolute Gasteiger partial charge is 0.324 e. The molecule has 5 rings (SSSR count). The lowest BCUT2D eigenvalue weighted by Gasteiger charge is -2.55. The molecule has 1 aromatic carbocycles. The average molecular weight is 359 g/mol. The van der Waals surface area contributed by atoms with E-state index < -0.39 is 0 Å². The monoisotopic (exact) mass is 357 g/mol. The number of rotatable bonds is 2. The number of halogens is 3. The Morgan fingerprint density at radius 2 is 1.41 bits per heavy atom. The Kier molecular flexibility index (Phi) is 3.63. The van der Waals surface area contributed by atoms with E-state index in [-0.39, 0.29) is 11.3 Å². The molecule has 0 radical (unpaired) electrons. The molecule has 0 atom stereocenters. The Morgan fingerprint density at radius 1 is 0.909 bits per heavy atom. The van der Waals surface area contributed by atoms with Crippen molar-refractivity contribution < 1.29 is 4.79 Å². The number of carbonyl (C=O) groups excluding carboxylic acids is 1. The van der Waals surface area contributed by atoms with Gasteiger partial charge in [0.05, 0.1) is 26.2 Å². The van der Waals surface area contributed by atoms with Gasteiger partial charge in [0.1, 0.15) is 0 Å². The summed E-state index contributed by atoms with van der Waals surface area (Å²) in [6, 6.07) is 3.23. The van der Waals surface area contributed by atoms with E-state index in [0.29, 0.717) is 20.8 Å². The summed E-state index contributed by atoms with van der Waals surface area (Å²) in [4.78, 5) is 13.0. The highest BCUT2D eigenvalue weighted by Crippen LogP contribution is 2.60. The highest BCUT2D eigenvalue weighted by atomic mass is 35.5. The molecule has 4 aliphatic carbocycles. The van der Waals surface area contributed by atoms with Crippen molar-refractivity contribution in [3.05, 3.63) is 27.2 Å². The number of anilines is 1. The Hall–Kier alpha value is -0.440. The Labute approximate surface area is 145 Å². The fourth-order valence-electron chi connectivity index (χ4n) is 5.26. The van der Waals surface area contributed by atoms with Gasteiger partial charge in [0, 0.05) is 0 Å². The van der Waals surface area contributed by atoms with Crippen LogP contribution >= 0.6 is 34.8 Å². The van der Waals surface area contributed by atoms with E-state index >= 15 is 0 Å². The van der Waals surface area contributed by atoms with Crippen LogP contribution in [0.15, 0.2) is 12.1 Å². The molecule has 0 unspecified atom stereocenters. The van der Waals surface area contributed by atoms with Crippen LogP contribution < -0.4 is 5.32 Å². The third-order valence-corrected chi connectivity index (χ3v) is 6.81. The quantitative estimate of drug-likeness (QED) is 0.665. The summed E-state index contributed by atoms with van der Waals surface area (Å²) in [5.74, 6) is 2.33. The SMILES string of the molecule is O=C(Nc1cc(Cl)c(Cl)cc1Cl)C12CC3CC(CC(C3)C1)C2. The van der Waals surface area contributed by atoms with Crippen LogP contribution in [-0.4, -0.2) is 5.91 Å². The van der Waals surface area contributed by atoms with Crippen molar-refractivity contribution in [2.75, 3.05) is 5.32 Å². The lowest BCUT2D eigenvalue weighted by molar-refractivity contribution is -0.140. The van der Waals surface area contributed by atoms with Gasteiger partial charge in [-0.1, -0.05) is 34.8 Å². The first-order valence-corrected chi connectivity index (χ1v) is 9.04. The van der Waals surface area contributed by atoms with Gasteiger partial charge in [-0.25, -0.2) is 0 Å². The molecule has 0 aromatic heterocycles. The first kappa shape index (κ1) is 15.1. The van der Waals surface area contributed by atoms with Crippen LogP contribution in [0.5, 0.6) is 0 Å². The van der Waals surface area contributed by atoms with Gasteiger partial charge in [0.25, 0.3) is 0 Å². The van der Waals surface area contributed by atoms with E-state index in [1.807, 2.05) is 0 Å². The molecule has 22 heavy (non-hydrogen) atoms. The first-order valence-electron chi connectivity index (χ1n) is 7.91. The smallest absolute Gasteiger partial charge is 0.230 e. The highest BCUT2D eigenvalue weighted by molar-refractivity contribution is 6.44. The Morgan fingerprint density at radius 3 is 1.95 bits per heavy atom. The minimum Gasteiger partial charge on any atom is -0.324 e. The van der Waals surface area contributed by atoms with Crippen LogP contribution in [0, 0.1) is 23.2 Å². The summed E-state index contributed by atoms with van der Waals surface area (Å²) in [6.45, 7) is 0. The molecular weight excluding hydrogens is 341 g/mol. The third kappa shape index (κ3) is 2.44. The molecule has 2 nitrogen and oxygen atoms in total. The molecule has 5 heteroatoms. The minimum absolute atomic E-state index is 0.117. The van der Waals surface area contributed by atoms with Crippen LogP contribution in [0.2, 0.25) is 15.1 Å². The molecule has 1 aromatic rings. The van der Waals surface area contributed by atoms with Gasteiger partial charge in [0.15, 0.2) is 0 Å². The zero-order chi connectivity index (χ0) is 15.5. The zero-order valence-electron chi connectivity index (χ0n) is 12.2. The van der Waals surface area contributed by atoms with E-state index in [4.69, 9.17) is 34.8 Å². The second kappa shape index (κ2) is 5.29. The van der Waals surface area contributed by atoms with E-state index in [1.165, 1.54) is 19.3 Å².